The van der Waals surface area contributed by atoms with Crippen LogP contribution in [0.4, 0.5) is 0 Å². The quantitative estimate of drug-likeness (QED) is 0.681. The van der Waals surface area contributed by atoms with Crippen molar-refractivity contribution in [3.63, 3.8) is 0 Å². The summed E-state index contributed by atoms with van der Waals surface area (Å²) in [6.07, 6.45) is 1.41. The van der Waals surface area contributed by atoms with Crippen LogP contribution in [0.1, 0.15) is 15.9 Å². The molecule has 1 aromatic heterocycles. The Labute approximate surface area is 149 Å². The molecule has 25 heavy (non-hydrogen) atoms. The summed E-state index contributed by atoms with van der Waals surface area (Å²) in [5, 5.41) is 2.94. The lowest BCUT2D eigenvalue weighted by molar-refractivity contribution is 0.0782. The fraction of sp³-hybridized carbons (Fsp3) is 0.211. The highest BCUT2D eigenvalue weighted by molar-refractivity contribution is 7.99. The molecule has 0 saturated carbocycles. The second-order valence-corrected chi connectivity index (χ2v) is 7.12. The lowest BCUT2D eigenvalue weighted by atomic mass is 10.0. The van der Waals surface area contributed by atoms with Gasteiger partial charge in [-0.2, -0.15) is 0 Å². The van der Waals surface area contributed by atoms with Crippen molar-refractivity contribution in [2.75, 3.05) is 12.8 Å². The van der Waals surface area contributed by atoms with Crippen molar-refractivity contribution in [1.29, 1.82) is 0 Å². The van der Waals surface area contributed by atoms with Gasteiger partial charge in [0.2, 0.25) is 0 Å². The van der Waals surface area contributed by atoms with Gasteiger partial charge in [0, 0.05) is 32.1 Å². The molecule has 0 saturated heterocycles. The van der Waals surface area contributed by atoms with Crippen LogP contribution in [0.5, 0.6) is 0 Å². The fourth-order valence-electron chi connectivity index (χ4n) is 3.13. The van der Waals surface area contributed by atoms with Gasteiger partial charge in [-0.05, 0) is 16.3 Å². The monoisotopic (exact) mass is 351 g/mol. The zero-order chi connectivity index (χ0) is 17.4. The predicted molar refractivity (Wildman–Crippen MR) is 99.0 cm³/mol. The van der Waals surface area contributed by atoms with Gasteiger partial charge in [-0.3, -0.25) is 14.2 Å². The Hall–Kier alpha value is -2.60. The summed E-state index contributed by atoms with van der Waals surface area (Å²) < 4.78 is 1.59. The number of amides is 1. The number of nitrogens with zero attached hydrogens (tertiary/aromatic N) is 3. The number of hydrogen-bond acceptors (Lipinski definition) is 4. The van der Waals surface area contributed by atoms with Gasteiger partial charge < -0.3 is 4.90 Å². The van der Waals surface area contributed by atoms with Crippen LogP contribution in [0.3, 0.4) is 0 Å². The van der Waals surface area contributed by atoms with Gasteiger partial charge in [-0.25, -0.2) is 4.98 Å². The first kappa shape index (κ1) is 15.9. The molecule has 3 aromatic rings. The average molecular weight is 351 g/mol. The number of benzene rings is 2. The molecule has 0 atom stereocenters. The number of rotatable bonds is 3. The molecule has 0 spiro atoms. The SMILES string of the molecule is CN(Cc1cccc2ccccc12)C(=O)c1cnc2n(c1=O)CCS2. The number of fused-ring (bicyclic) bond motifs is 2. The highest BCUT2D eigenvalue weighted by Crippen LogP contribution is 2.22. The minimum Gasteiger partial charge on any atom is -0.337 e. The van der Waals surface area contributed by atoms with E-state index >= 15 is 0 Å². The standard InChI is InChI=1S/C19H17N3O2S/c1-21(12-14-7-4-6-13-5-2-3-8-15(13)14)17(23)16-11-20-19-22(18(16)24)9-10-25-19/h2-8,11H,9-10,12H2,1H3. The highest BCUT2D eigenvalue weighted by Gasteiger charge is 2.22. The molecule has 0 N–H and O–H groups in total. The molecule has 126 valence electrons. The van der Waals surface area contributed by atoms with Gasteiger partial charge in [0.25, 0.3) is 11.5 Å². The van der Waals surface area contributed by atoms with E-state index in [4.69, 9.17) is 0 Å². The van der Waals surface area contributed by atoms with E-state index in [1.54, 1.807) is 28.3 Å². The third-order valence-electron chi connectivity index (χ3n) is 4.42. The number of carbonyl (C=O) groups is 1. The first-order valence-corrected chi connectivity index (χ1v) is 9.08. The van der Waals surface area contributed by atoms with Gasteiger partial charge in [-0.15, -0.1) is 0 Å². The highest BCUT2D eigenvalue weighted by atomic mass is 32.2. The molecule has 1 aliphatic rings. The Morgan fingerprint density at radius 3 is 2.92 bits per heavy atom. The van der Waals surface area contributed by atoms with Crippen LogP contribution in [0.25, 0.3) is 10.8 Å². The van der Waals surface area contributed by atoms with Crippen molar-refractivity contribution >= 4 is 28.4 Å². The maximum Gasteiger partial charge on any atom is 0.267 e. The van der Waals surface area contributed by atoms with Gasteiger partial charge in [0.05, 0.1) is 0 Å². The van der Waals surface area contributed by atoms with E-state index in [2.05, 4.69) is 17.1 Å². The van der Waals surface area contributed by atoms with E-state index < -0.39 is 0 Å². The molecule has 0 radical (unpaired) electrons. The lowest BCUT2D eigenvalue weighted by Crippen LogP contribution is -2.34. The molecule has 0 unspecified atom stereocenters. The Kier molecular flexibility index (Phi) is 4.05. The van der Waals surface area contributed by atoms with E-state index in [1.165, 1.54) is 6.20 Å². The second kappa shape index (κ2) is 6.37. The molecule has 1 amide bonds. The molecule has 1 aliphatic heterocycles. The Morgan fingerprint density at radius 2 is 2.04 bits per heavy atom. The van der Waals surface area contributed by atoms with Crippen LogP contribution in [-0.2, 0) is 13.1 Å². The minimum absolute atomic E-state index is 0.133. The zero-order valence-corrected chi connectivity index (χ0v) is 14.6. The Balaban J connectivity index is 1.64. The molecular weight excluding hydrogens is 334 g/mol. The van der Waals surface area contributed by atoms with Crippen molar-refractivity contribution in [1.82, 2.24) is 14.5 Å². The van der Waals surface area contributed by atoms with Crippen molar-refractivity contribution in [3.8, 4) is 0 Å². The molecule has 4 rings (SSSR count). The number of hydrogen-bond donors (Lipinski definition) is 0. The number of thioether (sulfide) groups is 1. The minimum atomic E-state index is -0.294. The predicted octanol–water partition coefficient (Wildman–Crippen LogP) is 2.77. The number of carbonyl (C=O) groups excluding carboxylic acids is 1. The second-order valence-electron chi connectivity index (χ2n) is 6.06. The average Bonchev–Trinajstić information content (AvgIpc) is 3.11. The Morgan fingerprint density at radius 1 is 1.24 bits per heavy atom. The molecule has 0 bridgehead atoms. The van der Waals surface area contributed by atoms with Gasteiger partial charge >= 0.3 is 0 Å². The third-order valence-corrected chi connectivity index (χ3v) is 5.39. The van der Waals surface area contributed by atoms with Crippen LogP contribution >= 0.6 is 11.8 Å². The molecule has 2 aromatic carbocycles. The molecule has 2 heterocycles. The maximum atomic E-state index is 12.8. The summed E-state index contributed by atoms with van der Waals surface area (Å²) >= 11 is 1.54. The third kappa shape index (κ3) is 2.82. The molecule has 0 fully saturated rings. The number of aromatic nitrogens is 2. The molecule has 6 heteroatoms. The Bertz CT molecular complexity index is 1020. The smallest absolute Gasteiger partial charge is 0.267 e. The lowest BCUT2D eigenvalue weighted by Gasteiger charge is -2.18. The van der Waals surface area contributed by atoms with Crippen molar-refractivity contribution in [2.45, 2.75) is 18.2 Å². The molecule has 5 nitrogen and oxygen atoms in total. The van der Waals surface area contributed by atoms with Crippen LogP contribution in [0.2, 0.25) is 0 Å². The van der Waals surface area contributed by atoms with Crippen molar-refractivity contribution < 1.29 is 4.79 Å². The van der Waals surface area contributed by atoms with Crippen molar-refractivity contribution in [3.05, 3.63) is 70.1 Å². The first-order chi connectivity index (χ1) is 12.1. The summed E-state index contributed by atoms with van der Waals surface area (Å²) in [4.78, 5) is 31.1. The van der Waals surface area contributed by atoms with E-state index in [9.17, 15) is 9.59 Å². The molecule has 0 aliphatic carbocycles. The topological polar surface area (TPSA) is 55.2 Å². The van der Waals surface area contributed by atoms with Gasteiger partial charge in [-0.1, -0.05) is 54.2 Å². The summed E-state index contributed by atoms with van der Waals surface area (Å²) in [6.45, 7) is 1.05. The summed E-state index contributed by atoms with van der Waals surface area (Å²) in [7, 11) is 1.72. The summed E-state index contributed by atoms with van der Waals surface area (Å²) in [6, 6.07) is 14.1. The fourth-order valence-corrected chi connectivity index (χ4v) is 4.04. The summed E-state index contributed by atoms with van der Waals surface area (Å²) in [5.41, 5.74) is 0.942. The van der Waals surface area contributed by atoms with Crippen LogP contribution < -0.4 is 5.56 Å². The maximum absolute atomic E-state index is 12.8. The largest absolute Gasteiger partial charge is 0.337 e. The van der Waals surface area contributed by atoms with E-state index in [1.807, 2.05) is 30.3 Å². The van der Waals surface area contributed by atoms with Gasteiger partial charge in [0.1, 0.15) is 5.56 Å². The van der Waals surface area contributed by atoms with Gasteiger partial charge in [0.15, 0.2) is 5.16 Å². The van der Waals surface area contributed by atoms with Crippen LogP contribution in [0.15, 0.2) is 58.6 Å². The van der Waals surface area contributed by atoms with Crippen LogP contribution in [0, 0.1) is 0 Å². The van der Waals surface area contributed by atoms with E-state index in [-0.39, 0.29) is 17.0 Å². The van der Waals surface area contributed by atoms with Crippen molar-refractivity contribution in [2.24, 2.45) is 0 Å². The normalized spacial score (nSPS) is 13.0. The summed E-state index contributed by atoms with van der Waals surface area (Å²) in [5.74, 6) is 0.531. The van der Waals surface area contributed by atoms with E-state index in [0.29, 0.717) is 18.2 Å². The molecular formula is C19H17N3O2S. The van der Waals surface area contributed by atoms with E-state index in [0.717, 1.165) is 22.1 Å². The van der Waals surface area contributed by atoms with Crippen LogP contribution in [-0.4, -0.2) is 33.2 Å². The first-order valence-electron chi connectivity index (χ1n) is 8.10. The zero-order valence-electron chi connectivity index (χ0n) is 13.8.